The monoisotopic (exact) mass is 279 g/mol. The van der Waals surface area contributed by atoms with E-state index in [4.69, 9.17) is 14.2 Å². The van der Waals surface area contributed by atoms with Gasteiger partial charge in [0.05, 0.1) is 20.3 Å². The van der Waals surface area contributed by atoms with Crippen LogP contribution in [0.2, 0.25) is 0 Å². The maximum atomic E-state index is 5.87. The Balaban J connectivity index is 2.68. The molecule has 0 radical (unpaired) electrons. The first-order chi connectivity index (χ1) is 9.69. The molecule has 1 aromatic rings. The van der Waals surface area contributed by atoms with Gasteiger partial charge in [-0.25, -0.2) is 0 Å². The fourth-order valence-corrected chi connectivity index (χ4v) is 1.75. The van der Waals surface area contributed by atoms with Crippen molar-refractivity contribution in [2.45, 2.75) is 19.9 Å². The number of hydrogen-bond donors (Lipinski definition) is 1. The smallest absolute Gasteiger partial charge is 0.165 e. The van der Waals surface area contributed by atoms with Crippen LogP contribution < -0.4 is 14.8 Å². The first-order valence-corrected chi connectivity index (χ1v) is 6.81. The Kier molecular flexibility index (Phi) is 7.77. The van der Waals surface area contributed by atoms with E-state index in [9.17, 15) is 0 Å². The minimum Gasteiger partial charge on any atom is -0.493 e. The van der Waals surface area contributed by atoms with Crippen LogP contribution in [0, 0.1) is 0 Å². The van der Waals surface area contributed by atoms with Crippen molar-refractivity contribution in [1.82, 2.24) is 5.32 Å². The molecule has 0 atom stereocenters. The minimum atomic E-state index is 0.612. The van der Waals surface area contributed by atoms with Gasteiger partial charge in [0.1, 0.15) is 0 Å². The Labute approximate surface area is 121 Å². The maximum absolute atomic E-state index is 5.87. The summed E-state index contributed by atoms with van der Waals surface area (Å²) in [7, 11) is 3.35. The molecule has 4 nitrogen and oxygen atoms in total. The zero-order chi connectivity index (χ0) is 14.8. The van der Waals surface area contributed by atoms with Gasteiger partial charge in [-0.15, -0.1) is 6.58 Å². The molecule has 112 valence electrons. The Morgan fingerprint density at radius 1 is 1.25 bits per heavy atom. The van der Waals surface area contributed by atoms with Crippen LogP contribution in [0.15, 0.2) is 30.4 Å². The van der Waals surface area contributed by atoms with Gasteiger partial charge >= 0.3 is 0 Å². The summed E-state index contributed by atoms with van der Waals surface area (Å²) in [6.07, 6.45) is 0.842. The third-order valence-electron chi connectivity index (χ3n) is 2.85. The van der Waals surface area contributed by atoms with E-state index < -0.39 is 0 Å². The third kappa shape index (κ3) is 5.63. The highest BCUT2D eigenvalue weighted by Gasteiger charge is 2.10. The zero-order valence-electron chi connectivity index (χ0n) is 12.7. The number of nitrogens with one attached hydrogen (secondary N) is 1. The first-order valence-electron chi connectivity index (χ1n) is 6.81. The molecular weight excluding hydrogens is 254 g/mol. The molecule has 0 bridgehead atoms. The molecule has 0 aliphatic rings. The van der Waals surface area contributed by atoms with Gasteiger partial charge in [-0.05, 0) is 13.0 Å². The number of para-hydroxylation sites is 1. The van der Waals surface area contributed by atoms with E-state index in [1.54, 1.807) is 14.2 Å². The third-order valence-corrected chi connectivity index (χ3v) is 2.85. The Hall–Kier alpha value is -1.52. The molecule has 0 spiro atoms. The van der Waals surface area contributed by atoms with Crippen molar-refractivity contribution in [2.24, 2.45) is 0 Å². The predicted octanol–water partition coefficient (Wildman–Crippen LogP) is 2.78. The van der Waals surface area contributed by atoms with Crippen molar-refractivity contribution in [3.8, 4) is 11.5 Å². The molecule has 0 aliphatic carbocycles. The Morgan fingerprint density at radius 2 is 2.05 bits per heavy atom. The number of rotatable bonds is 10. The van der Waals surface area contributed by atoms with Crippen molar-refractivity contribution in [2.75, 3.05) is 34.0 Å². The Morgan fingerprint density at radius 3 is 2.70 bits per heavy atom. The molecule has 1 aromatic carbocycles. The molecule has 0 amide bonds. The summed E-state index contributed by atoms with van der Waals surface area (Å²) in [6.45, 7) is 8.71. The van der Waals surface area contributed by atoms with Gasteiger partial charge in [-0.2, -0.15) is 0 Å². The van der Waals surface area contributed by atoms with Crippen molar-refractivity contribution in [3.05, 3.63) is 35.9 Å². The second kappa shape index (κ2) is 9.39. The first kappa shape index (κ1) is 16.5. The lowest BCUT2D eigenvalue weighted by atomic mass is 10.1. The lowest BCUT2D eigenvalue weighted by Crippen LogP contribution is -2.19. The molecule has 0 aliphatic heterocycles. The van der Waals surface area contributed by atoms with Gasteiger partial charge in [-0.1, -0.05) is 17.7 Å². The molecule has 0 fully saturated rings. The van der Waals surface area contributed by atoms with Crippen molar-refractivity contribution >= 4 is 0 Å². The summed E-state index contributed by atoms with van der Waals surface area (Å²) in [6, 6.07) is 5.92. The standard InChI is InChI=1S/C16H25NO3/c1-13(2)8-10-20-16-14(12-17-9-11-18-3)6-5-7-15(16)19-4/h5-7,17H,1,8-12H2,2-4H3. The van der Waals surface area contributed by atoms with Crippen LogP contribution in [0.25, 0.3) is 0 Å². The lowest BCUT2D eigenvalue weighted by molar-refractivity contribution is 0.199. The van der Waals surface area contributed by atoms with Crippen LogP contribution in [0.4, 0.5) is 0 Å². The molecule has 0 heterocycles. The van der Waals surface area contributed by atoms with Crippen LogP contribution in [0.5, 0.6) is 11.5 Å². The van der Waals surface area contributed by atoms with E-state index in [2.05, 4.69) is 11.9 Å². The van der Waals surface area contributed by atoms with E-state index in [1.165, 1.54) is 0 Å². The SMILES string of the molecule is C=C(C)CCOc1c(CNCCOC)cccc1OC. The highest BCUT2D eigenvalue weighted by atomic mass is 16.5. The van der Waals surface area contributed by atoms with Gasteiger partial charge in [0.25, 0.3) is 0 Å². The zero-order valence-corrected chi connectivity index (χ0v) is 12.7. The molecule has 1 rings (SSSR count). The normalized spacial score (nSPS) is 10.3. The summed E-state index contributed by atoms with van der Waals surface area (Å²) in [4.78, 5) is 0. The van der Waals surface area contributed by atoms with Gasteiger partial charge in [0.15, 0.2) is 11.5 Å². The molecule has 4 heteroatoms. The van der Waals surface area contributed by atoms with Crippen LogP contribution in [-0.2, 0) is 11.3 Å². The molecule has 0 saturated carbocycles. The lowest BCUT2D eigenvalue weighted by Gasteiger charge is -2.15. The maximum Gasteiger partial charge on any atom is 0.165 e. The van der Waals surface area contributed by atoms with Crippen LogP contribution >= 0.6 is 0 Å². The summed E-state index contributed by atoms with van der Waals surface area (Å²) >= 11 is 0. The van der Waals surface area contributed by atoms with E-state index >= 15 is 0 Å². The number of benzene rings is 1. The van der Waals surface area contributed by atoms with E-state index in [0.717, 1.165) is 42.1 Å². The van der Waals surface area contributed by atoms with Crippen molar-refractivity contribution < 1.29 is 14.2 Å². The second-order valence-electron chi connectivity index (χ2n) is 4.67. The summed E-state index contributed by atoms with van der Waals surface area (Å²) in [5, 5.41) is 3.32. The highest BCUT2D eigenvalue weighted by Crippen LogP contribution is 2.31. The van der Waals surface area contributed by atoms with Gasteiger partial charge in [0.2, 0.25) is 0 Å². The molecule has 1 N–H and O–H groups in total. The highest BCUT2D eigenvalue weighted by molar-refractivity contribution is 5.46. The summed E-state index contributed by atoms with van der Waals surface area (Å²) < 4.78 is 16.3. The average Bonchev–Trinajstić information content (AvgIpc) is 2.44. The molecule has 0 unspecified atom stereocenters. The van der Waals surface area contributed by atoms with Crippen LogP contribution in [0.1, 0.15) is 18.9 Å². The fourth-order valence-electron chi connectivity index (χ4n) is 1.75. The van der Waals surface area contributed by atoms with E-state index in [0.29, 0.717) is 13.2 Å². The van der Waals surface area contributed by atoms with Crippen molar-refractivity contribution in [1.29, 1.82) is 0 Å². The van der Waals surface area contributed by atoms with Crippen LogP contribution in [-0.4, -0.2) is 34.0 Å². The van der Waals surface area contributed by atoms with Crippen molar-refractivity contribution in [3.63, 3.8) is 0 Å². The number of hydrogen-bond acceptors (Lipinski definition) is 4. The number of ether oxygens (including phenoxy) is 3. The average molecular weight is 279 g/mol. The van der Waals surface area contributed by atoms with Crippen LogP contribution in [0.3, 0.4) is 0 Å². The Bertz CT molecular complexity index is 418. The topological polar surface area (TPSA) is 39.7 Å². The quantitative estimate of drug-likeness (QED) is 0.528. The molecule has 20 heavy (non-hydrogen) atoms. The summed E-state index contributed by atoms with van der Waals surface area (Å²) in [5.41, 5.74) is 2.20. The summed E-state index contributed by atoms with van der Waals surface area (Å²) in [5.74, 6) is 1.57. The molecule has 0 saturated heterocycles. The second-order valence-corrected chi connectivity index (χ2v) is 4.67. The predicted molar refractivity (Wildman–Crippen MR) is 81.5 cm³/mol. The minimum absolute atomic E-state index is 0.612. The fraction of sp³-hybridized carbons (Fsp3) is 0.500. The number of methoxy groups -OCH3 is 2. The van der Waals surface area contributed by atoms with E-state index in [-0.39, 0.29) is 0 Å². The molecule has 0 aromatic heterocycles. The largest absolute Gasteiger partial charge is 0.493 e. The van der Waals surface area contributed by atoms with Gasteiger partial charge in [-0.3, -0.25) is 0 Å². The van der Waals surface area contributed by atoms with E-state index in [1.807, 2.05) is 25.1 Å². The van der Waals surface area contributed by atoms with Gasteiger partial charge in [0, 0.05) is 32.2 Å². The molecular formula is C16H25NO3. The van der Waals surface area contributed by atoms with Gasteiger partial charge < -0.3 is 19.5 Å².